The number of piperidine rings is 1. The maximum absolute atomic E-state index is 12.8. The van der Waals surface area contributed by atoms with Crippen LogP contribution in [-0.4, -0.2) is 46.9 Å². The van der Waals surface area contributed by atoms with Crippen molar-refractivity contribution >= 4 is 41.0 Å². The minimum Gasteiger partial charge on any atom is -0.376 e. The van der Waals surface area contributed by atoms with Crippen LogP contribution in [-0.2, 0) is 33.8 Å². The lowest BCUT2D eigenvalue weighted by Gasteiger charge is -2.29. The van der Waals surface area contributed by atoms with Crippen LogP contribution in [0.2, 0.25) is 5.02 Å². The molecule has 1 atom stereocenters. The van der Waals surface area contributed by atoms with E-state index < -0.39 is 11.9 Å². The number of urea groups is 1. The molecule has 1 saturated heterocycles. The number of hydrogen-bond donors (Lipinski definition) is 3. The monoisotopic (exact) mass is 526 g/mol. The van der Waals surface area contributed by atoms with Gasteiger partial charge < -0.3 is 20.3 Å². The summed E-state index contributed by atoms with van der Waals surface area (Å²) in [6.07, 6.45) is 1.19. The molecule has 9 nitrogen and oxygen atoms in total. The summed E-state index contributed by atoms with van der Waals surface area (Å²) >= 11 is 6.24. The van der Waals surface area contributed by atoms with E-state index in [1.807, 2.05) is 39.0 Å². The van der Waals surface area contributed by atoms with Crippen molar-refractivity contribution in [2.75, 3.05) is 11.9 Å². The summed E-state index contributed by atoms with van der Waals surface area (Å²) in [6.45, 7) is 7.06. The van der Waals surface area contributed by atoms with Crippen molar-refractivity contribution in [3.63, 3.8) is 0 Å². The highest BCUT2D eigenvalue weighted by molar-refractivity contribution is 6.31. The van der Waals surface area contributed by atoms with E-state index in [0.29, 0.717) is 35.7 Å². The molecule has 2 aromatic carbocycles. The highest BCUT2D eigenvalue weighted by atomic mass is 35.5. The van der Waals surface area contributed by atoms with Crippen LogP contribution in [0.1, 0.15) is 60.7 Å². The van der Waals surface area contributed by atoms with Crippen molar-refractivity contribution < 1.29 is 23.9 Å². The van der Waals surface area contributed by atoms with E-state index in [1.54, 1.807) is 18.2 Å². The molecule has 3 N–H and O–H groups in total. The van der Waals surface area contributed by atoms with Gasteiger partial charge in [-0.1, -0.05) is 23.7 Å². The predicted octanol–water partition coefficient (Wildman–Crippen LogP) is 3.78. The van der Waals surface area contributed by atoms with E-state index in [0.717, 1.165) is 16.7 Å². The molecule has 2 aromatic rings. The van der Waals surface area contributed by atoms with E-state index in [4.69, 9.17) is 16.3 Å². The Morgan fingerprint density at radius 3 is 2.65 bits per heavy atom. The molecule has 0 spiro atoms. The first-order valence-electron chi connectivity index (χ1n) is 12.2. The Labute approximate surface area is 220 Å². The lowest BCUT2D eigenvalue weighted by atomic mass is 10.0. The van der Waals surface area contributed by atoms with E-state index in [1.165, 1.54) is 4.90 Å². The number of ether oxygens (including phenoxy) is 1. The summed E-state index contributed by atoms with van der Waals surface area (Å²) in [6, 6.07) is 9.68. The number of rotatable bonds is 7. The fourth-order valence-electron chi connectivity index (χ4n) is 4.44. The summed E-state index contributed by atoms with van der Waals surface area (Å²) < 4.78 is 5.77. The third kappa shape index (κ3) is 6.87. The van der Waals surface area contributed by atoms with Gasteiger partial charge in [0, 0.05) is 35.8 Å². The molecule has 4 rings (SSSR count). The fraction of sp³-hybridized carbons (Fsp3) is 0.407. The Morgan fingerprint density at radius 1 is 1.14 bits per heavy atom. The van der Waals surface area contributed by atoms with Crippen molar-refractivity contribution in [2.24, 2.45) is 0 Å². The van der Waals surface area contributed by atoms with Crippen LogP contribution < -0.4 is 16.0 Å². The van der Waals surface area contributed by atoms with Crippen LogP contribution >= 0.6 is 11.6 Å². The average Bonchev–Trinajstić information content (AvgIpc) is 3.12. The number of nitrogens with one attached hydrogen (secondary N) is 3. The number of benzene rings is 2. The quantitative estimate of drug-likeness (QED) is 0.475. The van der Waals surface area contributed by atoms with E-state index >= 15 is 0 Å². The largest absolute Gasteiger partial charge is 0.376 e. The zero-order valence-electron chi connectivity index (χ0n) is 21.2. The first-order valence-corrected chi connectivity index (χ1v) is 12.6. The van der Waals surface area contributed by atoms with Gasteiger partial charge in [-0.05, 0) is 74.6 Å². The van der Waals surface area contributed by atoms with E-state index in [2.05, 4.69) is 16.0 Å². The summed E-state index contributed by atoms with van der Waals surface area (Å²) in [7, 11) is 0. The SMILES string of the molecule is CC(C)(C)OCCc1cc(Cl)cc(NC(=O)NCc2ccc3c(c2)CN(C2CCC(=O)NC2=O)C3=O)c1. The molecule has 37 heavy (non-hydrogen) atoms. The highest BCUT2D eigenvalue weighted by Crippen LogP contribution is 2.28. The van der Waals surface area contributed by atoms with Gasteiger partial charge in [0.05, 0.1) is 12.2 Å². The summed E-state index contributed by atoms with van der Waals surface area (Å²) in [5.74, 6) is -0.992. The lowest BCUT2D eigenvalue weighted by molar-refractivity contribution is -0.136. The smallest absolute Gasteiger partial charge is 0.319 e. The van der Waals surface area contributed by atoms with Gasteiger partial charge in [-0.25, -0.2) is 4.79 Å². The second-order valence-electron chi connectivity index (χ2n) is 10.3. The van der Waals surface area contributed by atoms with Gasteiger partial charge in [0.15, 0.2) is 0 Å². The molecule has 0 aliphatic carbocycles. The third-order valence-electron chi connectivity index (χ3n) is 6.18. The first-order chi connectivity index (χ1) is 17.5. The first kappa shape index (κ1) is 26.6. The van der Waals surface area contributed by atoms with Crippen molar-refractivity contribution in [2.45, 2.75) is 64.8 Å². The average molecular weight is 527 g/mol. The Morgan fingerprint density at radius 2 is 1.92 bits per heavy atom. The van der Waals surface area contributed by atoms with Gasteiger partial charge in [-0.15, -0.1) is 0 Å². The molecule has 196 valence electrons. The molecule has 2 aliphatic rings. The molecule has 2 heterocycles. The van der Waals surface area contributed by atoms with Crippen LogP contribution in [0.25, 0.3) is 0 Å². The van der Waals surface area contributed by atoms with Crippen molar-refractivity contribution in [1.82, 2.24) is 15.5 Å². The van der Waals surface area contributed by atoms with Crippen molar-refractivity contribution in [3.05, 3.63) is 63.7 Å². The van der Waals surface area contributed by atoms with Crippen LogP contribution in [0, 0.1) is 0 Å². The second-order valence-corrected chi connectivity index (χ2v) is 10.7. The number of halogens is 1. The van der Waals surface area contributed by atoms with Crippen LogP contribution in [0.4, 0.5) is 10.5 Å². The molecule has 10 heteroatoms. The van der Waals surface area contributed by atoms with E-state index in [-0.39, 0.29) is 43.0 Å². The number of amides is 5. The number of imide groups is 1. The third-order valence-corrected chi connectivity index (χ3v) is 6.40. The molecule has 0 radical (unpaired) electrons. The molecular formula is C27H31ClN4O5. The number of fused-ring (bicyclic) bond motifs is 1. The molecule has 5 amide bonds. The summed E-state index contributed by atoms with van der Waals surface area (Å²) in [5, 5.41) is 8.45. The molecule has 0 aromatic heterocycles. The molecular weight excluding hydrogens is 496 g/mol. The van der Waals surface area contributed by atoms with Crippen molar-refractivity contribution in [1.29, 1.82) is 0 Å². The van der Waals surface area contributed by atoms with Crippen LogP contribution in [0.15, 0.2) is 36.4 Å². The van der Waals surface area contributed by atoms with Gasteiger partial charge >= 0.3 is 6.03 Å². The van der Waals surface area contributed by atoms with Gasteiger partial charge in [0.25, 0.3) is 5.91 Å². The minimum atomic E-state index is -0.660. The lowest BCUT2D eigenvalue weighted by Crippen LogP contribution is -2.52. The number of anilines is 1. The number of carbonyl (C=O) groups excluding carboxylic acids is 4. The molecule has 1 fully saturated rings. The van der Waals surface area contributed by atoms with Crippen molar-refractivity contribution in [3.8, 4) is 0 Å². The number of nitrogens with zero attached hydrogens (tertiary/aromatic N) is 1. The zero-order chi connectivity index (χ0) is 26.7. The Kier molecular flexibility index (Phi) is 7.85. The normalized spacial score (nSPS) is 17.5. The number of carbonyl (C=O) groups is 4. The van der Waals surface area contributed by atoms with Gasteiger partial charge in [0.1, 0.15) is 6.04 Å². The molecule has 2 aliphatic heterocycles. The van der Waals surface area contributed by atoms with Crippen LogP contribution in [0.5, 0.6) is 0 Å². The van der Waals surface area contributed by atoms with Gasteiger partial charge in [0.2, 0.25) is 11.8 Å². The molecule has 1 unspecified atom stereocenters. The van der Waals surface area contributed by atoms with Crippen LogP contribution in [0.3, 0.4) is 0 Å². The van der Waals surface area contributed by atoms with Gasteiger partial charge in [-0.3, -0.25) is 19.7 Å². The topological polar surface area (TPSA) is 117 Å². The second kappa shape index (κ2) is 10.9. The standard InChI is InChI=1S/C27H31ClN4O5/c1-27(2,3)37-9-8-16-11-19(28)13-20(12-16)30-26(36)29-14-17-4-5-21-18(10-17)15-32(25(21)35)22-6-7-23(33)31-24(22)34/h4-5,10-13,22H,6-9,14-15H2,1-3H3,(H2,29,30,36)(H,31,33,34). The number of hydrogen-bond acceptors (Lipinski definition) is 5. The predicted molar refractivity (Wildman–Crippen MR) is 139 cm³/mol. The Balaban J connectivity index is 1.32. The van der Waals surface area contributed by atoms with Gasteiger partial charge in [-0.2, -0.15) is 0 Å². The van der Waals surface area contributed by atoms with E-state index in [9.17, 15) is 19.2 Å². The zero-order valence-corrected chi connectivity index (χ0v) is 21.9. The minimum absolute atomic E-state index is 0.208. The Hall–Kier alpha value is -3.43. The summed E-state index contributed by atoms with van der Waals surface area (Å²) in [4.78, 5) is 50.5. The maximum atomic E-state index is 12.8. The maximum Gasteiger partial charge on any atom is 0.319 e. The highest BCUT2D eigenvalue weighted by Gasteiger charge is 2.39. The molecule has 0 saturated carbocycles. The Bertz CT molecular complexity index is 1240. The fourth-order valence-corrected chi connectivity index (χ4v) is 4.70. The molecule has 0 bridgehead atoms. The summed E-state index contributed by atoms with van der Waals surface area (Å²) in [5.41, 5.74) is 3.43.